The Labute approximate surface area is 148 Å². The molecule has 5 nitrogen and oxygen atoms in total. The highest BCUT2D eigenvalue weighted by atomic mass is 19.4. The number of anilines is 1. The van der Waals surface area contributed by atoms with Gasteiger partial charge in [-0.2, -0.15) is 13.2 Å². The lowest BCUT2D eigenvalue weighted by Gasteiger charge is -2.39. The molecule has 2 aliphatic heterocycles. The second-order valence-corrected chi connectivity index (χ2v) is 7.02. The molecule has 1 aromatic heterocycles. The van der Waals surface area contributed by atoms with E-state index in [2.05, 4.69) is 9.88 Å². The summed E-state index contributed by atoms with van der Waals surface area (Å²) < 4.78 is 43.3. The average molecular weight is 367 g/mol. The number of hydrogen-bond acceptors (Lipinski definition) is 4. The first-order chi connectivity index (χ1) is 12.2. The lowest BCUT2D eigenvalue weighted by atomic mass is 9.82. The number of hydrogen-bond donors (Lipinski definition) is 2. The molecule has 1 aromatic carbocycles. The lowest BCUT2D eigenvalue weighted by Crippen LogP contribution is -2.46. The zero-order valence-electron chi connectivity index (χ0n) is 14.3. The van der Waals surface area contributed by atoms with Crippen LogP contribution in [0.1, 0.15) is 35.4 Å². The van der Waals surface area contributed by atoms with E-state index in [1.165, 1.54) is 25.5 Å². The van der Waals surface area contributed by atoms with E-state index >= 15 is 0 Å². The molecule has 0 radical (unpaired) electrons. The summed E-state index contributed by atoms with van der Waals surface area (Å²) in [6.07, 6.45) is 0.224. The molecule has 1 atom stereocenters. The van der Waals surface area contributed by atoms with Crippen LogP contribution in [0.5, 0.6) is 5.75 Å². The smallest absolute Gasteiger partial charge is 0.429 e. The second-order valence-electron chi connectivity index (χ2n) is 7.02. The maximum absolute atomic E-state index is 14.0. The van der Waals surface area contributed by atoms with Crippen LogP contribution in [-0.2, 0) is 25.5 Å². The van der Waals surface area contributed by atoms with E-state index < -0.39 is 28.9 Å². The predicted octanol–water partition coefficient (Wildman–Crippen LogP) is 2.62. The molecule has 140 valence electrons. The molecule has 26 heavy (non-hydrogen) atoms. The van der Waals surface area contributed by atoms with Gasteiger partial charge < -0.3 is 19.7 Å². The van der Waals surface area contributed by atoms with Crippen LogP contribution in [0.4, 0.5) is 18.9 Å². The van der Waals surface area contributed by atoms with Crippen LogP contribution in [0.2, 0.25) is 0 Å². The Morgan fingerprint density at radius 3 is 2.46 bits per heavy atom. The van der Waals surface area contributed by atoms with Crippen molar-refractivity contribution < 1.29 is 23.4 Å². The van der Waals surface area contributed by atoms with Gasteiger partial charge in [0.15, 0.2) is 5.82 Å². The number of aliphatic hydroxyl groups is 1. The average Bonchev–Trinajstić information content (AvgIpc) is 3.03. The van der Waals surface area contributed by atoms with E-state index in [9.17, 15) is 23.4 Å². The SMILES string of the molecule is Cn1ccnc1C(O)(c1cc2c3c(c1O)CCCN3CCC2)C(F)(F)F. The molecule has 0 spiro atoms. The zero-order chi connectivity index (χ0) is 18.7. The van der Waals surface area contributed by atoms with E-state index in [0.717, 1.165) is 41.7 Å². The van der Waals surface area contributed by atoms with Crippen molar-refractivity contribution in [3.05, 3.63) is 41.0 Å². The van der Waals surface area contributed by atoms with Gasteiger partial charge in [0.05, 0.1) is 0 Å². The fourth-order valence-electron chi connectivity index (χ4n) is 4.23. The quantitative estimate of drug-likeness (QED) is 0.857. The van der Waals surface area contributed by atoms with E-state index in [-0.39, 0.29) is 0 Å². The molecule has 8 heteroatoms. The van der Waals surface area contributed by atoms with Gasteiger partial charge >= 0.3 is 6.18 Å². The minimum atomic E-state index is -5.03. The zero-order valence-corrected chi connectivity index (χ0v) is 14.3. The van der Waals surface area contributed by atoms with Crippen molar-refractivity contribution in [1.82, 2.24) is 9.55 Å². The van der Waals surface area contributed by atoms with Gasteiger partial charge in [0, 0.05) is 49.3 Å². The topological polar surface area (TPSA) is 61.5 Å². The summed E-state index contributed by atoms with van der Waals surface area (Å²) in [6.45, 7) is 1.67. The van der Waals surface area contributed by atoms with Crippen molar-refractivity contribution in [2.24, 2.45) is 7.05 Å². The van der Waals surface area contributed by atoms with Crippen LogP contribution in [0.15, 0.2) is 18.5 Å². The molecule has 4 rings (SSSR count). The first-order valence-corrected chi connectivity index (χ1v) is 8.65. The van der Waals surface area contributed by atoms with Crippen molar-refractivity contribution in [2.45, 2.75) is 37.5 Å². The summed E-state index contributed by atoms with van der Waals surface area (Å²) in [5, 5.41) is 21.6. The Balaban J connectivity index is 2.01. The number of imidazole rings is 1. The first-order valence-electron chi connectivity index (χ1n) is 8.65. The van der Waals surface area contributed by atoms with Crippen LogP contribution in [0.3, 0.4) is 0 Å². The van der Waals surface area contributed by atoms with Crippen molar-refractivity contribution in [2.75, 3.05) is 18.0 Å². The monoisotopic (exact) mass is 367 g/mol. The number of benzene rings is 1. The third-order valence-electron chi connectivity index (χ3n) is 5.44. The molecule has 0 bridgehead atoms. The molecule has 0 amide bonds. The first kappa shape index (κ1) is 17.2. The molecule has 0 saturated carbocycles. The standard InChI is InChI=1S/C18H20F3N3O2/c1-23-9-6-22-16(23)17(26,18(19,20)21)13-10-11-4-2-7-24-8-3-5-12(14(11)24)15(13)25/h6,9-10,25-26H,2-5,7-8H2,1H3. The Morgan fingerprint density at radius 1 is 1.15 bits per heavy atom. The van der Waals surface area contributed by atoms with Crippen LogP contribution in [0, 0.1) is 0 Å². The Bertz CT molecular complexity index is 860. The van der Waals surface area contributed by atoms with Gasteiger partial charge in [-0.1, -0.05) is 0 Å². The van der Waals surface area contributed by atoms with Gasteiger partial charge in [0.1, 0.15) is 5.75 Å². The minimum absolute atomic E-state index is 0.474. The molecular formula is C18H20F3N3O2. The largest absolute Gasteiger partial charge is 0.507 e. The fraction of sp³-hybridized carbons (Fsp3) is 0.500. The molecule has 2 aliphatic rings. The molecule has 0 saturated heterocycles. The summed E-state index contributed by atoms with van der Waals surface area (Å²) >= 11 is 0. The van der Waals surface area contributed by atoms with Gasteiger partial charge in [-0.25, -0.2) is 4.98 Å². The van der Waals surface area contributed by atoms with E-state index in [1.54, 1.807) is 0 Å². The van der Waals surface area contributed by atoms with Crippen LogP contribution >= 0.6 is 0 Å². The third-order valence-corrected chi connectivity index (χ3v) is 5.44. The van der Waals surface area contributed by atoms with Gasteiger partial charge in [-0.3, -0.25) is 0 Å². The van der Waals surface area contributed by atoms with Crippen molar-refractivity contribution >= 4 is 5.69 Å². The number of nitrogens with zero attached hydrogens (tertiary/aromatic N) is 3. The van der Waals surface area contributed by atoms with Gasteiger partial charge in [0.2, 0.25) is 5.60 Å². The highest BCUT2D eigenvalue weighted by Gasteiger charge is 2.60. The molecule has 0 aliphatic carbocycles. The Hall–Kier alpha value is -2.22. The molecule has 3 heterocycles. The minimum Gasteiger partial charge on any atom is -0.507 e. The second kappa shape index (κ2) is 5.64. The summed E-state index contributed by atoms with van der Waals surface area (Å²) in [7, 11) is 1.39. The number of aryl methyl sites for hydroxylation is 2. The predicted molar refractivity (Wildman–Crippen MR) is 89.2 cm³/mol. The van der Waals surface area contributed by atoms with Crippen molar-refractivity contribution in [1.29, 1.82) is 0 Å². The van der Waals surface area contributed by atoms with E-state index in [1.807, 2.05) is 0 Å². The lowest BCUT2D eigenvalue weighted by molar-refractivity contribution is -0.252. The Morgan fingerprint density at radius 2 is 1.85 bits per heavy atom. The molecule has 2 N–H and O–H groups in total. The highest BCUT2D eigenvalue weighted by Crippen LogP contribution is 2.51. The van der Waals surface area contributed by atoms with E-state index in [0.29, 0.717) is 18.4 Å². The highest BCUT2D eigenvalue weighted by molar-refractivity contribution is 5.70. The number of aromatic hydroxyl groups is 1. The van der Waals surface area contributed by atoms with Gasteiger partial charge in [-0.15, -0.1) is 0 Å². The van der Waals surface area contributed by atoms with Crippen LogP contribution < -0.4 is 4.90 Å². The van der Waals surface area contributed by atoms with Gasteiger partial charge in [-0.05, 0) is 37.3 Å². The maximum atomic E-state index is 14.0. The number of rotatable bonds is 2. The summed E-state index contributed by atoms with van der Waals surface area (Å²) in [4.78, 5) is 5.86. The molecule has 0 fully saturated rings. The van der Waals surface area contributed by atoms with Gasteiger partial charge in [0.25, 0.3) is 0 Å². The molecular weight excluding hydrogens is 347 g/mol. The summed E-state index contributed by atoms with van der Waals surface area (Å²) in [5.41, 5.74) is -1.82. The molecule has 1 unspecified atom stereocenters. The third kappa shape index (κ3) is 2.24. The summed E-state index contributed by atoms with van der Waals surface area (Å²) in [5.74, 6) is -1.03. The number of phenolic OH excluding ortho intramolecular Hbond substituents is 1. The van der Waals surface area contributed by atoms with Crippen molar-refractivity contribution in [3.63, 3.8) is 0 Å². The normalized spacial score (nSPS) is 19.2. The number of alkyl halides is 3. The number of halogens is 3. The Kier molecular flexibility index (Phi) is 3.73. The van der Waals surface area contributed by atoms with Crippen LogP contribution in [0.25, 0.3) is 0 Å². The molecule has 2 aromatic rings. The fourth-order valence-corrected chi connectivity index (χ4v) is 4.23. The van der Waals surface area contributed by atoms with Crippen molar-refractivity contribution in [3.8, 4) is 5.75 Å². The maximum Gasteiger partial charge on any atom is 0.429 e. The number of phenols is 1. The summed E-state index contributed by atoms with van der Waals surface area (Å²) in [6, 6.07) is 1.31. The van der Waals surface area contributed by atoms with E-state index in [4.69, 9.17) is 0 Å². The number of aromatic nitrogens is 2. The van der Waals surface area contributed by atoms with Crippen LogP contribution in [-0.4, -0.2) is 39.0 Å².